The largest absolute Gasteiger partial charge is 0.375 e. The van der Waals surface area contributed by atoms with E-state index in [4.69, 9.17) is 4.74 Å². The predicted molar refractivity (Wildman–Crippen MR) is 64.8 cm³/mol. The van der Waals surface area contributed by atoms with Crippen LogP contribution in [0.4, 0.5) is 0 Å². The molecule has 3 atom stereocenters. The summed E-state index contributed by atoms with van der Waals surface area (Å²) in [5.74, 6) is 1.65. The van der Waals surface area contributed by atoms with Gasteiger partial charge in [-0.2, -0.15) is 0 Å². The first kappa shape index (κ1) is 13.7. The van der Waals surface area contributed by atoms with Gasteiger partial charge >= 0.3 is 0 Å². The minimum absolute atomic E-state index is 0. The van der Waals surface area contributed by atoms with Gasteiger partial charge in [0, 0.05) is 19.6 Å². The lowest BCUT2D eigenvalue weighted by atomic mass is 10.2. The lowest BCUT2D eigenvalue weighted by molar-refractivity contribution is -0.124. The Morgan fingerprint density at radius 3 is 2.88 bits per heavy atom. The van der Waals surface area contributed by atoms with Crippen molar-refractivity contribution < 1.29 is 9.53 Å². The van der Waals surface area contributed by atoms with E-state index in [1.165, 1.54) is 6.42 Å². The lowest BCUT2D eigenvalue weighted by Gasteiger charge is -2.23. The van der Waals surface area contributed by atoms with Crippen LogP contribution in [0.1, 0.15) is 19.8 Å². The number of ether oxygens (including phenoxy) is 1. The molecule has 0 aromatic rings. The molecule has 1 saturated carbocycles. The van der Waals surface area contributed by atoms with Crippen LogP contribution in [0.2, 0.25) is 0 Å². The summed E-state index contributed by atoms with van der Waals surface area (Å²) in [5.41, 5.74) is 0. The van der Waals surface area contributed by atoms with Gasteiger partial charge in [-0.3, -0.25) is 4.79 Å². The first-order valence-electron chi connectivity index (χ1n) is 5.84. The number of halogens is 1. The Kier molecular flexibility index (Phi) is 5.52. The lowest BCUT2D eigenvalue weighted by Crippen LogP contribution is -2.41. The molecule has 0 aromatic heterocycles. The summed E-state index contributed by atoms with van der Waals surface area (Å²) in [6, 6.07) is 0. The van der Waals surface area contributed by atoms with Crippen LogP contribution in [0.5, 0.6) is 0 Å². The zero-order chi connectivity index (χ0) is 10.7. The third-order valence-electron chi connectivity index (χ3n) is 3.26. The first-order chi connectivity index (χ1) is 7.25. The van der Waals surface area contributed by atoms with Crippen LogP contribution in [0.3, 0.4) is 0 Å². The highest BCUT2D eigenvalue weighted by Crippen LogP contribution is 2.36. The first-order valence-corrected chi connectivity index (χ1v) is 5.84. The van der Waals surface area contributed by atoms with Crippen LogP contribution >= 0.6 is 12.4 Å². The predicted octanol–water partition coefficient (Wildman–Crippen LogP) is 0.559. The van der Waals surface area contributed by atoms with Crippen molar-refractivity contribution in [2.45, 2.75) is 25.9 Å². The van der Waals surface area contributed by atoms with Crippen molar-refractivity contribution >= 4 is 18.3 Å². The smallest absolute Gasteiger partial charge is 0.222 e. The van der Waals surface area contributed by atoms with Crippen molar-refractivity contribution in [1.29, 1.82) is 0 Å². The van der Waals surface area contributed by atoms with Crippen LogP contribution in [-0.2, 0) is 9.53 Å². The van der Waals surface area contributed by atoms with Crippen LogP contribution < -0.4 is 10.6 Å². The van der Waals surface area contributed by atoms with Gasteiger partial charge in [0.15, 0.2) is 0 Å². The van der Waals surface area contributed by atoms with Gasteiger partial charge in [0.25, 0.3) is 0 Å². The maximum atomic E-state index is 11.5. The molecule has 0 spiro atoms. The van der Waals surface area contributed by atoms with E-state index in [0.717, 1.165) is 38.1 Å². The summed E-state index contributed by atoms with van der Waals surface area (Å²) < 4.78 is 5.47. The molecule has 0 aromatic carbocycles. The molecule has 0 radical (unpaired) electrons. The summed E-state index contributed by atoms with van der Waals surface area (Å²) >= 11 is 0. The number of carbonyl (C=O) groups is 1. The topological polar surface area (TPSA) is 50.4 Å². The highest BCUT2D eigenvalue weighted by atomic mass is 35.5. The molecule has 3 unspecified atom stereocenters. The zero-order valence-corrected chi connectivity index (χ0v) is 10.5. The molecule has 2 N–H and O–H groups in total. The van der Waals surface area contributed by atoms with E-state index in [0.29, 0.717) is 6.42 Å². The quantitative estimate of drug-likeness (QED) is 0.765. The molecular weight excluding hydrogens is 228 g/mol. The number of nitrogens with one attached hydrogen (secondary N) is 2. The van der Waals surface area contributed by atoms with Crippen molar-refractivity contribution in [3.8, 4) is 0 Å². The molecule has 2 rings (SSSR count). The standard InChI is InChI=1S/C11H20N2O2.ClH/c1-8-4-9(8)6-13-11(14)5-10-7-12-2-3-15-10;/h8-10,12H,2-7H2,1H3,(H,13,14);1H. The maximum absolute atomic E-state index is 11.5. The highest BCUT2D eigenvalue weighted by molar-refractivity contribution is 5.85. The van der Waals surface area contributed by atoms with Gasteiger partial charge in [-0.15, -0.1) is 12.4 Å². The van der Waals surface area contributed by atoms with E-state index in [9.17, 15) is 4.79 Å². The molecule has 0 bridgehead atoms. The molecule has 4 nitrogen and oxygen atoms in total. The van der Waals surface area contributed by atoms with Crippen molar-refractivity contribution in [2.24, 2.45) is 11.8 Å². The van der Waals surface area contributed by atoms with Crippen molar-refractivity contribution in [2.75, 3.05) is 26.2 Å². The second kappa shape index (κ2) is 6.42. The second-order valence-electron chi connectivity index (χ2n) is 4.68. The monoisotopic (exact) mass is 248 g/mol. The number of carbonyl (C=O) groups excluding carboxylic acids is 1. The fraction of sp³-hybridized carbons (Fsp3) is 0.909. The molecular formula is C11H21ClN2O2. The van der Waals surface area contributed by atoms with E-state index in [1.54, 1.807) is 0 Å². The molecule has 5 heteroatoms. The molecule has 94 valence electrons. The van der Waals surface area contributed by atoms with Gasteiger partial charge in [0.2, 0.25) is 5.91 Å². The van der Waals surface area contributed by atoms with E-state index >= 15 is 0 Å². The third-order valence-corrected chi connectivity index (χ3v) is 3.26. The summed E-state index contributed by atoms with van der Waals surface area (Å²) in [6.07, 6.45) is 1.82. The van der Waals surface area contributed by atoms with Crippen LogP contribution in [0, 0.1) is 11.8 Å². The Hall–Kier alpha value is -0.320. The molecule has 2 fully saturated rings. The summed E-state index contributed by atoms with van der Waals surface area (Å²) in [7, 11) is 0. The minimum atomic E-state index is 0. The molecule has 1 saturated heterocycles. The zero-order valence-electron chi connectivity index (χ0n) is 9.70. The third kappa shape index (κ3) is 4.28. The van der Waals surface area contributed by atoms with Crippen molar-refractivity contribution in [3.05, 3.63) is 0 Å². The van der Waals surface area contributed by atoms with Crippen LogP contribution in [0.15, 0.2) is 0 Å². The maximum Gasteiger partial charge on any atom is 0.222 e. The minimum Gasteiger partial charge on any atom is -0.375 e. The van der Waals surface area contributed by atoms with Gasteiger partial charge in [-0.05, 0) is 18.3 Å². The normalized spacial score (nSPS) is 32.7. The Morgan fingerprint density at radius 2 is 2.31 bits per heavy atom. The fourth-order valence-electron chi connectivity index (χ4n) is 1.96. The summed E-state index contributed by atoms with van der Waals surface area (Å²) in [5, 5.41) is 6.20. The molecule has 1 heterocycles. The number of morpholine rings is 1. The van der Waals surface area contributed by atoms with E-state index in [1.807, 2.05) is 0 Å². The Labute approximate surface area is 103 Å². The SMILES string of the molecule is CC1CC1CNC(=O)CC1CNCCO1.Cl. The molecule has 1 aliphatic heterocycles. The Balaban J connectivity index is 0.00000128. The van der Waals surface area contributed by atoms with Crippen molar-refractivity contribution in [3.63, 3.8) is 0 Å². The number of rotatable bonds is 4. The number of hydrogen-bond donors (Lipinski definition) is 2. The second-order valence-corrected chi connectivity index (χ2v) is 4.68. The molecule has 2 aliphatic rings. The average Bonchev–Trinajstić information content (AvgIpc) is 2.93. The Bertz CT molecular complexity index is 232. The number of hydrogen-bond acceptors (Lipinski definition) is 3. The van der Waals surface area contributed by atoms with Gasteiger partial charge in [-0.25, -0.2) is 0 Å². The van der Waals surface area contributed by atoms with E-state index in [-0.39, 0.29) is 24.4 Å². The summed E-state index contributed by atoms with van der Waals surface area (Å²) in [6.45, 7) is 5.49. The average molecular weight is 249 g/mol. The molecule has 1 amide bonds. The van der Waals surface area contributed by atoms with E-state index < -0.39 is 0 Å². The fourth-order valence-corrected chi connectivity index (χ4v) is 1.96. The highest BCUT2D eigenvalue weighted by Gasteiger charge is 2.32. The number of amides is 1. The molecule has 16 heavy (non-hydrogen) atoms. The van der Waals surface area contributed by atoms with Gasteiger partial charge < -0.3 is 15.4 Å². The van der Waals surface area contributed by atoms with Gasteiger partial charge in [0.1, 0.15) is 0 Å². The van der Waals surface area contributed by atoms with Crippen LogP contribution in [0.25, 0.3) is 0 Å². The summed E-state index contributed by atoms with van der Waals surface area (Å²) in [4.78, 5) is 11.5. The van der Waals surface area contributed by atoms with Crippen molar-refractivity contribution in [1.82, 2.24) is 10.6 Å². The van der Waals surface area contributed by atoms with E-state index in [2.05, 4.69) is 17.6 Å². The molecule has 1 aliphatic carbocycles. The van der Waals surface area contributed by atoms with Crippen LogP contribution in [-0.4, -0.2) is 38.3 Å². The Morgan fingerprint density at radius 1 is 1.56 bits per heavy atom. The van der Waals surface area contributed by atoms with Gasteiger partial charge in [0.05, 0.1) is 19.1 Å². The van der Waals surface area contributed by atoms with Gasteiger partial charge in [-0.1, -0.05) is 6.92 Å².